The molecule has 1 unspecified atom stereocenters. The minimum atomic E-state index is -0.970. The van der Waals surface area contributed by atoms with E-state index >= 15 is 0 Å². The molecule has 1 amide bonds. The molecule has 0 radical (unpaired) electrons. The number of carbonyl (C=O) groups is 1. The molecular formula is C15H21N5O5. The molecule has 0 aromatic carbocycles. The van der Waals surface area contributed by atoms with Gasteiger partial charge in [0.05, 0.1) is 6.61 Å². The largest absolute Gasteiger partial charge is 0.393 e. The van der Waals surface area contributed by atoms with Crippen molar-refractivity contribution in [3.8, 4) is 0 Å². The fourth-order valence-corrected chi connectivity index (χ4v) is 3.26. The zero-order valence-corrected chi connectivity index (χ0v) is 14.2. The highest BCUT2D eigenvalue weighted by atomic mass is 16.5. The van der Waals surface area contributed by atoms with Gasteiger partial charge in [-0.05, 0) is 6.92 Å². The maximum absolute atomic E-state index is 12.2. The second kappa shape index (κ2) is 6.12. The third-order valence-corrected chi connectivity index (χ3v) is 4.81. The fraction of sp³-hybridized carbons (Fsp3) is 0.600. The number of nitrogens with one attached hydrogen (secondary N) is 3. The van der Waals surface area contributed by atoms with Gasteiger partial charge in [0.25, 0.3) is 5.56 Å². The van der Waals surface area contributed by atoms with Crippen LogP contribution in [0.5, 0.6) is 0 Å². The van der Waals surface area contributed by atoms with Crippen LogP contribution in [0.4, 0.5) is 0 Å². The summed E-state index contributed by atoms with van der Waals surface area (Å²) in [5, 5.41) is 15.5. The summed E-state index contributed by atoms with van der Waals surface area (Å²) in [6.45, 7) is 4.75. The Balaban J connectivity index is 2.09. The van der Waals surface area contributed by atoms with Gasteiger partial charge in [0.2, 0.25) is 5.91 Å². The summed E-state index contributed by atoms with van der Waals surface area (Å²) >= 11 is 0. The zero-order valence-electron chi connectivity index (χ0n) is 14.2. The molecule has 1 aromatic heterocycles. The predicted octanol–water partition coefficient (Wildman–Crippen LogP) is -1.80. The van der Waals surface area contributed by atoms with Crippen LogP contribution < -0.4 is 21.9 Å². The standard InChI is InChI=1S/C15H21N5O5/c1-7-4-20(14(24)19-11(7)23)12-10-8(2)15(6-21,25-12)5-16-13(18-10)17-9(3)22/h4,8,10,12,21H,5-6H2,1-3H3,(H,19,23,24)(H2,16,17,18,22)/t8?,10-,12+,15+/m0/s1. The van der Waals surface area contributed by atoms with E-state index in [1.54, 1.807) is 6.92 Å². The third kappa shape index (κ3) is 2.87. The number of aromatic nitrogens is 2. The van der Waals surface area contributed by atoms with E-state index in [4.69, 9.17) is 4.74 Å². The Bertz CT molecular complexity index is 843. The lowest BCUT2D eigenvalue weighted by Crippen LogP contribution is -2.51. The highest BCUT2D eigenvalue weighted by Crippen LogP contribution is 2.43. The number of ether oxygens (including phenoxy) is 1. The number of aliphatic imine (C=N–C) groups is 1. The molecule has 3 rings (SSSR count). The molecule has 136 valence electrons. The second-order valence-electron chi connectivity index (χ2n) is 6.50. The maximum Gasteiger partial charge on any atom is 0.330 e. The Morgan fingerprint density at radius 3 is 2.92 bits per heavy atom. The van der Waals surface area contributed by atoms with Crippen LogP contribution in [-0.2, 0) is 9.53 Å². The Morgan fingerprint density at radius 2 is 2.28 bits per heavy atom. The number of aliphatic hydroxyl groups is 1. The van der Waals surface area contributed by atoms with Crippen molar-refractivity contribution in [2.24, 2.45) is 10.9 Å². The fourth-order valence-electron chi connectivity index (χ4n) is 3.26. The van der Waals surface area contributed by atoms with E-state index in [-0.39, 0.29) is 30.9 Å². The topological polar surface area (TPSA) is 138 Å². The molecule has 3 heterocycles. The van der Waals surface area contributed by atoms with Gasteiger partial charge in [0.15, 0.2) is 12.2 Å². The molecule has 2 aliphatic rings. The number of aliphatic hydroxyl groups excluding tert-OH is 1. The van der Waals surface area contributed by atoms with Gasteiger partial charge in [0, 0.05) is 31.1 Å². The molecule has 1 fully saturated rings. The number of rotatable bonds is 2. The number of H-pyrrole nitrogens is 1. The molecule has 10 nitrogen and oxygen atoms in total. The van der Waals surface area contributed by atoms with E-state index in [0.29, 0.717) is 5.56 Å². The van der Waals surface area contributed by atoms with Gasteiger partial charge in [-0.15, -0.1) is 0 Å². The van der Waals surface area contributed by atoms with Crippen molar-refractivity contribution in [3.63, 3.8) is 0 Å². The Morgan fingerprint density at radius 1 is 1.56 bits per heavy atom. The summed E-state index contributed by atoms with van der Waals surface area (Å²) < 4.78 is 7.31. The van der Waals surface area contributed by atoms with Gasteiger partial charge in [-0.3, -0.25) is 24.5 Å². The number of amides is 1. The lowest BCUT2D eigenvalue weighted by molar-refractivity contribution is -0.118. The quantitative estimate of drug-likeness (QED) is 0.496. The number of fused-ring (bicyclic) bond motifs is 2. The number of hydrogen-bond donors (Lipinski definition) is 4. The third-order valence-electron chi connectivity index (χ3n) is 4.81. The predicted molar refractivity (Wildman–Crippen MR) is 88.2 cm³/mol. The number of guanidine groups is 1. The minimum absolute atomic E-state index is 0.216. The zero-order chi connectivity index (χ0) is 18.4. The highest BCUT2D eigenvalue weighted by Gasteiger charge is 2.55. The number of nitrogens with zero attached hydrogens (tertiary/aromatic N) is 2. The van der Waals surface area contributed by atoms with Crippen molar-refractivity contribution in [2.45, 2.75) is 38.6 Å². The smallest absolute Gasteiger partial charge is 0.330 e. The van der Waals surface area contributed by atoms with Crippen molar-refractivity contribution in [3.05, 3.63) is 32.6 Å². The molecule has 4 atom stereocenters. The Labute approximate surface area is 142 Å². The van der Waals surface area contributed by atoms with E-state index in [2.05, 4.69) is 20.6 Å². The average molecular weight is 351 g/mol. The van der Waals surface area contributed by atoms with Gasteiger partial charge in [0.1, 0.15) is 11.6 Å². The van der Waals surface area contributed by atoms with Crippen LogP contribution in [0.25, 0.3) is 0 Å². The molecule has 0 spiro atoms. The first-order valence-corrected chi connectivity index (χ1v) is 7.97. The summed E-state index contributed by atoms with van der Waals surface area (Å²) in [5.41, 5.74) is -1.69. The summed E-state index contributed by atoms with van der Waals surface area (Å²) in [7, 11) is 0. The normalized spacial score (nSPS) is 31.0. The highest BCUT2D eigenvalue weighted by molar-refractivity contribution is 5.96. The second-order valence-corrected chi connectivity index (χ2v) is 6.50. The van der Waals surface area contributed by atoms with Crippen molar-refractivity contribution >= 4 is 11.9 Å². The van der Waals surface area contributed by atoms with Crippen molar-refractivity contribution in [2.75, 3.05) is 13.2 Å². The molecule has 1 saturated heterocycles. The Hall–Kier alpha value is -2.46. The SMILES string of the molecule is CC(=O)NC1=N[C@H]2C(C)[C@](CO)(CN1)O[C@H]2n1cc(C)c(=O)[nH]c1=O. The molecule has 10 heteroatoms. The minimum Gasteiger partial charge on any atom is -0.393 e. The molecule has 2 bridgehead atoms. The summed E-state index contributed by atoms with van der Waals surface area (Å²) in [5.74, 6) is -0.258. The van der Waals surface area contributed by atoms with E-state index in [0.717, 1.165) is 0 Å². The van der Waals surface area contributed by atoms with E-state index < -0.39 is 29.1 Å². The van der Waals surface area contributed by atoms with E-state index in [1.165, 1.54) is 17.7 Å². The number of aromatic amines is 1. The van der Waals surface area contributed by atoms with Crippen molar-refractivity contribution in [1.82, 2.24) is 20.2 Å². The first-order chi connectivity index (χ1) is 11.8. The lowest BCUT2D eigenvalue weighted by atomic mass is 9.86. The molecular weight excluding hydrogens is 330 g/mol. The number of hydrogen-bond acceptors (Lipinski definition) is 7. The Kier molecular flexibility index (Phi) is 4.25. The summed E-state index contributed by atoms with van der Waals surface area (Å²) in [6.07, 6.45) is 0.609. The van der Waals surface area contributed by atoms with Gasteiger partial charge >= 0.3 is 5.69 Å². The molecule has 2 aliphatic heterocycles. The number of aryl methyl sites for hydroxylation is 1. The molecule has 0 aliphatic carbocycles. The first kappa shape index (κ1) is 17.4. The van der Waals surface area contributed by atoms with Gasteiger partial charge in [-0.2, -0.15) is 0 Å². The monoisotopic (exact) mass is 351 g/mol. The van der Waals surface area contributed by atoms with Crippen LogP contribution in [0.3, 0.4) is 0 Å². The van der Waals surface area contributed by atoms with E-state index in [9.17, 15) is 19.5 Å². The van der Waals surface area contributed by atoms with Crippen molar-refractivity contribution in [1.29, 1.82) is 0 Å². The van der Waals surface area contributed by atoms with Gasteiger partial charge < -0.3 is 15.2 Å². The van der Waals surface area contributed by atoms with Crippen LogP contribution in [0.2, 0.25) is 0 Å². The van der Waals surface area contributed by atoms with E-state index in [1.807, 2.05) is 6.92 Å². The average Bonchev–Trinajstić information content (AvgIpc) is 2.72. The van der Waals surface area contributed by atoms with Crippen LogP contribution in [0.15, 0.2) is 20.8 Å². The summed E-state index contributed by atoms with van der Waals surface area (Å²) in [6, 6.07) is -0.535. The van der Waals surface area contributed by atoms with Gasteiger partial charge in [-0.25, -0.2) is 9.79 Å². The van der Waals surface area contributed by atoms with Crippen LogP contribution in [0.1, 0.15) is 25.6 Å². The molecule has 0 saturated carbocycles. The summed E-state index contributed by atoms with van der Waals surface area (Å²) in [4.78, 5) is 41.9. The first-order valence-electron chi connectivity index (χ1n) is 7.97. The molecule has 4 N–H and O–H groups in total. The van der Waals surface area contributed by atoms with Gasteiger partial charge in [-0.1, -0.05) is 6.92 Å². The van der Waals surface area contributed by atoms with Crippen LogP contribution in [-0.4, -0.2) is 51.3 Å². The molecule has 25 heavy (non-hydrogen) atoms. The van der Waals surface area contributed by atoms with Crippen LogP contribution >= 0.6 is 0 Å². The molecule has 1 aromatic rings. The maximum atomic E-state index is 12.2. The van der Waals surface area contributed by atoms with Crippen molar-refractivity contribution < 1.29 is 14.6 Å². The lowest BCUT2D eigenvalue weighted by Gasteiger charge is -2.30. The number of carbonyl (C=O) groups excluding carboxylic acids is 1. The van der Waals surface area contributed by atoms with Crippen LogP contribution in [0, 0.1) is 12.8 Å².